The minimum atomic E-state index is -0.0419. The van der Waals surface area contributed by atoms with Crippen LogP contribution in [0.25, 0.3) is 0 Å². The zero-order chi connectivity index (χ0) is 26.2. The molecule has 37 heavy (non-hydrogen) atoms. The van der Waals surface area contributed by atoms with Crippen molar-refractivity contribution in [2.24, 2.45) is 0 Å². The largest absolute Gasteiger partial charge is 0.377 e. The Balaban J connectivity index is 1.37. The van der Waals surface area contributed by atoms with Gasteiger partial charge in [0.25, 0.3) is 0 Å². The highest BCUT2D eigenvalue weighted by Gasteiger charge is 2.13. The Morgan fingerprint density at radius 2 is 1.32 bits per heavy atom. The Bertz CT molecular complexity index is 614. The molecule has 1 saturated heterocycles. The molecule has 1 aromatic rings. The predicted octanol–water partition coefficient (Wildman–Crippen LogP) is 8.19. The van der Waals surface area contributed by atoms with E-state index in [9.17, 15) is 0 Å². The molecule has 0 saturated carbocycles. The molecule has 5 heteroatoms. The molecule has 0 radical (unpaired) electrons. The van der Waals surface area contributed by atoms with Crippen LogP contribution >= 0.6 is 0 Å². The molecule has 0 spiro atoms. The normalized spacial score (nSPS) is 16.8. The van der Waals surface area contributed by atoms with Gasteiger partial charge in [0.2, 0.25) is 0 Å². The Morgan fingerprint density at radius 1 is 0.730 bits per heavy atom. The molecule has 1 aliphatic heterocycles. The number of hydrogen-bond donors (Lipinski definition) is 0. The average Bonchev–Trinajstić information content (AvgIpc) is 2.93. The number of rotatable bonds is 24. The van der Waals surface area contributed by atoms with E-state index in [-0.39, 0.29) is 6.29 Å². The molecule has 0 aromatic heterocycles. The van der Waals surface area contributed by atoms with E-state index in [2.05, 4.69) is 38.1 Å². The van der Waals surface area contributed by atoms with E-state index in [1.807, 2.05) is 0 Å². The van der Waals surface area contributed by atoms with Gasteiger partial charge >= 0.3 is 0 Å². The van der Waals surface area contributed by atoms with Gasteiger partial charge in [-0.15, -0.1) is 0 Å². The molecule has 2 unspecified atom stereocenters. The number of unbranched alkanes of at least 4 members (excludes halogenated alkanes) is 9. The average molecular weight is 521 g/mol. The first-order chi connectivity index (χ1) is 18.3. The SMILES string of the molecule is CCCCCCCCCCCCC(C)c1ccc(COCCOCCOCCOC2CCCCO2)cc1. The molecule has 1 aliphatic rings. The summed E-state index contributed by atoms with van der Waals surface area (Å²) in [6.45, 7) is 9.58. The third-order valence-corrected chi connectivity index (χ3v) is 7.22. The van der Waals surface area contributed by atoms with Crippen LogP contribution < -0.4 is 0 Å². The second kappa shape index (κ2) is 23.0. The molecule has 0 amide bonds. The van der Waals surface area contributed by atoms with Gasteiger partial charge in [0.15, 0.2) is 6.29 Å². The van der Waals surface area contributed by atoms with Gasteiger partial charge in [-0.1, -0.05) is 102 Å². The lowest BCUT2D eigenvalue weighted by atomic mass is 9.94. The van der Waals surface area contributed by atoms with Gasteiger partial charge in [-0.05, 0) is 42.7 Å². The van der Waals surface area contributed by atoms with Gasteiger partial charge in [0.1, 0.15) is 0 Å². The van der Waals surface area contributed by atoms with Crippen LogP contribution in [-0.4, -0.2) is 52.5 Å². The first-order valence-electron chi connectivity index (χ1n) is 15.3. The highest BCUT2D eigenvalue weighted by Crippen LogP contribution is 2.23. The van der Waals surface area contributed by atoms with Gasteiger partial charge in [0, 0.05) is 6.61 Å². The predicted molar refractivity (Wildman–Crippen MR) is 152 cm³/mol. The molecule has 0 bridgehead atoms. The quantitative estimate of drug-likeness (QED) is 0.129. The second-order valence-corrected chi connectivity index (χ2v) is 10.6. The van der Waals surface area contributed by atoms with E-state index in [1.54, 1.807) is 0 Å². The fraction of sp³-hybridized carbons (Fsp3) is 0.812. The number of benzene rings is 1. The summed E-state index contributed by atoms with van der Waals surface area (Å²) in [6, 6.07) is 8.97. The monoisotopic (exact) mass is 520 g/mol. The number of hydrogen-bond acceptors (Lipinski definition) is 5. The molecule has 1 fully saturated rings. The Hall–Kier alpha value is -0.980. The molecular weight excluding hydrogens is 464 g/mol. The zero-order valence-electron chi connectivity index (χ0n) is 24.1. The van der Waals surface area contributed by atoms with Crippen LogP contribution in [-0.2, 0) is 30.3 Å². The molecule has 2 atom stereocenters. The lowest BCUT2D eigenvalue weighted by Crippen LogP contribution is -2.24. The maximum Gasteiger partial charge on any atom is 0.157 e. The molecule has 1 heterocycles. The van der Waals surface area contributed by atoms with Crippen LogP contribution in [0, 0.1) is 0 Å². The summed E-state index contributed by atoms with van der Waals surface area (Å²) in [6.07, 6.45) is 18.6. The maximum atomic E-state index is 5.77. The Morgan fingerprint density at radius 3 is 1.95 bits per heavy atom. The lowest BCUT2D eigenvalue weighted by molar-refractivity contribution is -0.169. The van der Waals surface area contributed by atoms with Crippen LogP contribution in [0.5, 0.6) is 0 Å². The molecule has 0 N–H and O–H groups in total. The van der Waals surface area contributed by atoms with Crippen molar-refractivity contribution in [1.82, 2.24) is 0 Å². The summed E-state index contributed by atoms with van der Waals surface area (Å²) >= 11 is 0. The van der Waals surface area contributed by atoms with Gasteiger partial charge < -0.3 is 23.7 Å². The topological polar surface area (TPSA) is 46.2 Å². The van der Waals surface area contributed by atoms with Crippen molar-refractivity contribution >= 4 is 0 Å². The van der Waals surface area contributed by atoms with Gasteiger partial charge in [-0.3, -0.25) is 0 Å². The lowest BCUT2D eigenvalue weighted by Gasteiger charge is -2.22. The molecule has 2 rings (SSSR count). The smallest absolute Gasteiger partial charge is 0.157 e. The third kappa shape index (κ3) is 17.3. The maximum absolute atomic E-state index is 5.77. The van der Waals surface area contributed by atoms with Crippen molar-refractivity contribution in [3.8, 4) is 0 Å². The highest BCUT2D eigenvalue weighted by molar-refractivity contribution is 5.24. The first-order valence-corrected chi connectivity index (χ1v) is 15.3. The van der Waals surface area contributed by atoms with E-state index in [4.69, 9.17) is 23.7 Å². The second-order valence-electron chi connectivity index (χ2n) is 10.6. The number of ether oxygens (including phenoxy) is 5. The summed E-state index contributed by atoms with van der Waals surface area (Å²) < 4.78 is 28.1. The van der Waals surface area contributed by atoms with E-state index in [0.717, 1.165) is 19.4 Å². The summed E-state index contributed by atoms with van der Waals surface area (Å²) in [5.41, 5.74) is 2.67. The van der Waals surface area contributed by atoms with Crippen LogP contribution in [0.2, 0.25) is 0 Å². The van der Waals surface area contributed by atoms with Crippen molar-refractivity contribution in [3.05, 3.63) is 35.4 Å². The van der Waals surface area contributed by atoms with E-state index >= 15 is 0 Å². The van der Waals surface area contributed by atoms with Crippen LogP contribution in [0.15, 0.2) is 24.3 Å². The molecule has 1 aromatic carbocycles. The zero-order valence-corrected chi connectivity index (χ0v) is 24.1. The van der Waals surface area contributed by atoms with Crippen molar-refractivity contribution in [1.29, 1.82) is 0 Å². The molecule has 5 nitrogen and oxygen atoms in total. The minimum Gasteiger partial charge on any atom is -0.377 e. The molecular formula is C32H56O5. The van der Waals surface area contributed by atoms with Crippen molar-refractivity contribution < 1.29 is 23.7 Å². The van der Waals surface area contributed by atoms with E-state index in [0.29, 0.717) is 52.2 Å². The van der Waals surface area contributed by atoms with Gasteiger partial charge in [-0.25, -0.2) is 0 Å². The summed E-state index contributed by atoms with van der Waals surface area (Å²) in [5.74, 6) is 0.631. The van der Waals surface area contributed by atoms with Gasteiger partial charge in [0.05, 0.1) is 46.2 Å². The van der Waals surface area contributed by atoms with E-state index in [1.165, 1.54) is 88.2 Å². The van der Waals surface area contributed by atoms with Crippen LogP contribution in [0.1, 0.15) is 121 Å². The first kappa shape index (κ1) is 32.2. The van der Waals surface area contributed by atoms with Crippen molar-refractivity contribution in [2.75, 3.05) is 46.2 Å². The van der Waals surface area contributed by atoms with Crippen LogP contribution in [0.4, 0.5) is 0 Å². The van der Waals surface area contributed by atoms with Gasteiger partial charge in [-0.2, -0.15) is 0 Å². The highest BCUT2D eigenvalue weighted by atomic mass is 16.7. The third-order valence-electron chi connectivity index (χ3n) is 7.22. The van der Waals surface area contributed by atoms with Crippen LogP contribution in [0.3, 0.4) is 0 Å². The molecule has 214 valence electrons. The van der Waals surface area contributed by atoms with Crippen molar-refractivity contribution in [3.63, 3.8) is 0 Å². The standard InChI is InChI=1S/C32H56O5/c1-3-4-5-6-7-8-9-10-11-12-15-29(2)31-19-17-30(18-20-31)28-35-25-24-33-22-23-34-26-27-37-32-16-13-14-21-36-32/h17-20,29,32H,3-16,21-28H2,1-2H3. The summed E-state index contributed by atoms with van der Waals surface area (Å²) in [5, 5.41) is 0. The minimum absolute atomic E-state index is 0.0419. The van der Waals surface area contributed by atoms with Crippen molar-refractivity contribution in [2.45, 2.75) is 123 Å². The Labute approximate surface area is 227 Å². The fourth-order valence-electron chi connectivity index (χ4n) is 4.76. The fourth-order valence-corrected chi connectivity index (χ4v) is 4.76. The Kier molecular flexibility index (Phi) is 20.0. The molecule has 0 aliphatic carbocycles. The summed E-state index contributed by atoms with van der Waals surface area (Å²) in [7, 11) is 0. The summed E-state index contributed by atoms with van der Waals surface area (Å²) in [4.78, 5) is 0. The van der Waals surface area contributed by atoms with E-state index < -0.39 is 0 Å².